The summed E-state index contributed by atoms with van der Waals surface area (Å²) >= 11 is 0. The Morgan fingerprint density at radius 3 is 2.80 bits per heavy atom. The number of nitrogens with two attached hydrogens (primary N) is 1. The number of benzene rings is 1. The molecule has 5 nitrogen and oxygen atoms in total. The molecule has 2 rings (SSSR count). The number of amides is 1. The second-order valence-electron chi connectivity index (χ2n) is 4.30. The summed E-state index contributed by atoms with van der Waals surface area (Å²) in [4.78, 5) is 16.1. The van der Waals surface area contributed by atoms with E-state index < -0.39 is 6.04 Å². The molecule has 1 aromatic heterocycles. The number of pyridine rings is 1. The highest BCUT2D eigenvalue weighted by atomic mass is 16.1. The smallest absolute Gasteiger partial charge is 0.257 e. The zero-order chi connectivity index (χ0) is 14.4. The summed E-state index contributed by atoms with van der Waals surface area (Å²) in [5, 5.41) is 11.4. The van der Waals surface area contributed by atoms with Gasteiger partial charge in [-0.1, -0.05) is 18.2 Å². The number of aromatic nitrogens is 1. The van der Waals surface area contributed by atoms with Crippen LogP contribution in [0.25, 0.3) is 0 Å². The van der Waals surface area contributed by atoms with Crippen molar-refractivity contribution in [2.45, 2.75) is 12.5 Å². The molecule has 100 valence electrons. The lowest BCUT2D eigenvalue weighted by Crippen LogP contribution is -2.15. The number of nitrogens with zero attached hydrogens (tertiary/aromatic N) is 2. The maximum absolute atomic E-state index is 12.1. The summed E-state index contributed by atoms with van der Waals surface area (Å²) in [6.45, 7) is 0. The summed E-state index contributed by atoms with van der Waals surface area (Å²) in [6, 6.07) is 12.4. The van der Waals surface area contributed by atoms with Gasteiger partial charge >= 0.3 is 0 Å². The molecule has 5 heteroatoms. The monoisotopic (exact) mass is 266 g/mol. The Morgan fingerprint density at radius 1 is 1.35 bits per heavy atom. The Hall–Kier alpha value is -2.71. The van der Waals surface area contributed by atoms with Crippen molar-refractivity contribution in [2.24, 2.45) is 5.73 Å². The second-order valence-corrected chi connectivity index (χ2v) is 4.30. The molecule has 3 N–H and O–H groups in total. The summed E-state index contributed by atoms with van der Waals surface area (Å²) in [7, 11) is 0. The van der Waals surface area contributed by atoms with Gasteiger partial charge in [0.15, 0.2) is 0 Å². The van der Waals surface area contributed by atoms with Crippen LogP contribution >= 0.6 is 0 Å². The molecule has 0 saturated carbocycles. The molecule has 0 bridgehead atoms. The highest BCUT2D eigenvalue weighted by Gasteiger charge is 2.11. The van der Waals surface area contributed by atoms with Gasteiger partial charge in [0, 0.05) is 24.1 Å². The third kappa shape index (κ3) is 3.40. The third-order valence-electron chi connectivity index (χ3n) is 2.79. The molecule has 1 amide bonds. The van der Waals surface area contributed by atoms with E-state index in [9.17, 15) is 4.79 Å². The minimum Gasteiger partial charge on any atom is -0.323 e. The van der Waals surface area contributed by atoms with Crippen molar-refractivity contribution in [3.63, 3.8) is 0 Å². The van der Waals surface area contributed by atoms with Crippen molar-refractivity contribution in [2.75, 3.05) is 5.32 Å². The highest BCUT2D eigenvalue weighted by molar-refractivity contribution is 6.04. The molecule has 0 aliphatic carbocycles. The maximum Gasteiger partial charge on any atom is 0.257 e. The van der Waals surface area contributed by atoms with Gasteiger partial charge in [0.1, 0.15) is 0 Å². The normalized spacial score (nSPS) is 11.4. The van der Waals surface area contributed by atoms with Gasteiger partial charge in [-0.3, -0.25) is 9.78 Å². The van der Waals surface area contributed by atoms with Gasteiger partial charge in [-0.15, -0.1) is 0 Å². The topological polar surface area (TPSA) is 91.8 Å². The second kappa shape index (κ2) is 6.45. The summed E-state index contributed by atoms with van der Waals surface area (Å²) in [6.07, 6.45) is 3.23. The van der Waals surface area contributed by atoms with Crippen LogP contribution in [0.4, 0.5) is 5.69 Å². The number of rotatable bonds is 4. The Labute approximate surface area is 117 Å². The molecule has 0 saturated heterocycles. The van der Waals surface area contributed by atoms with Crippen LogP contribution in [0, 0.1) is 11.3 Å². The average molecular weight is 266 g/mol. The zero-order valence-corrected chi connectivity index (χ0v) is 10.8. The summed E-state index contributed by atoms with van der Waals surface area (Å²) < 4.78 is 0. The number of para-hydroxylation sites is 1. The number of carbonyl (C=O) groups is 1. The van der Waals surface area contributed by atoms with E-state index in [2.05, 4.69) is 10.3 Å². The van der Waals surface area contributed by atoms with Crippen molar-refractivity contribution >= 4 is 11.6 Å². The minimum absolute atomic E-state index is 0.186. The number of hydrogen-bond donors (Lipinski definition) is 2. The van der Waals surface area contributed by atoms with Gasteiger partial charge in [0.2, 0.25) is 0 Å². The Morgan fingerprint density at radius 2 is 2.10 bits per heavy atom. The lowest BCUT2D eigenvalue weighted by atomic mass is 10.1. The number of carbonyl (C=O) groups excluding carboxylic acids is 1. The van der Waals surface area contributed by atoms with E-state index >= 15 is 0 Å². The quantitative estimate of drug-likeness (QED) is 0.887. The van der Waals surface area contributed by atoms with Crippen molar-refractivity contribution in [1.82, 2.24) is 4.98 Å². The molecule has 0 fully saturated rings. The first kappa shape index (κ1) is 13.7. The molecule has 0 aliphatic rings. The van der Waals surface area contributed by atoms with Crippen molar-refractivity contribution in [3.8, 4) is 6.07 Å². The SMILES string of the molecule is N#CCC(N)c1cncc(C(=O)Nc2ccccc2)c1. The van der Waals surface area contributed by atoms with Crippen LogP contribution in [0.3, 0.4) is 0 Å². The number of hydrogen-bond acceptors (Lipinski definition) is 4. The van der Waals surface area contributed by atoms with Crippen LogP contribution in [0.5, 0.6) is 0 Å². The Balaban J connectivity index is 2.15. The molecule has 20 heavy (non-hydrogen) atoms. The summed E-state index contributed by atoms with van der Waals surface area (Å²) in [5.41, 5.74) is 7.63. The van der Waals surface area contributed by atoms with Gasteiger partial charge in [-0.2, -0.15) is 5.26 Å². The standard InChI is InChI=1S/C15H14N4O/c16-7-6-14(17)11-8-12(10-18-9-11)15(20)19-13-4-2-1-3-5-13/h1-5,8-10,14H,6,17H2,(H,19,20). The fourth-order valence-electron chi connectivity index (χ4n) is 1.73. The fourth-order valence-corrected chi connectivity index (χ4v) is 1.73. The van der Waals surface area contributed by atoms with Crippen LogP contribution in [-0.4, -0.2) is 10.9 Å². The average Bonchev–Trinajstić information content (AvgIpc) is 2.48. The Kier molecular flexibility index (Phi) is 4.43. The van der Waals surface area contributed by atoms with Gasteiger partial charge in [-0.25, -0.2) is 0 Å². The molecule has 0 radical (unpaired) electrons. The zero-order valence-electron chi connectivity index (χ0n) is 10.8. The van der Waals surface area contributed by atoms with Gasteiger partial charge in [-0.05, 0) is 23.8 Å². The molecular weight excluding hydrogens is 252 g/mol. The number of nitriles is 1. The molecule has 0 aliphatic heterocycles. The largest absolute Gasteiger partial charge is 0.323 e. The predicted molar refractivity (Wildman–Crippen MR) is 75.8 cm³/mol. The van der Waals surface area contributed by atoms with Crippen LogP contribution in [0.15, 0.2) is 48.8 Å². The lowest BCUT2D eigenvalue weighted by Gasteiger charge is -2.09. The predicted octanol–water partition coefficient (Wildman–Crippen LogP) is 2.25. The molecule has 1 heterocycles. The van der Waals surface area contributed by atoms with Gasteiger partial charge in [0.05, 0.1) is 18.1 Å². The van der Waals surface area contributed by atoms with Crippen LogP contribution in [-0.2, 0) is 0 Å². The highest BCUT2D eigenvalue weighted by Crippen LogP contribution is 2.15. The van der Waals surface area contributed by atoms with Crippen molar-refractivity contribution in [1.29, 1.82) is 5.26 Å². The fraction of sp³-hybridized carbons (Fsp3) is 0.133. The van der Waals surface area contributed by atoms with Crippen LogP contribution in [0.2, 0.25) is 0 Å². The first-order valence-corrected chi connectivity index (χ1v) is 6.14. The number of nitrogens with one attached hydrogen (secondary N) is 1. The van der Waals surface area contributed by atoms with Gasteiger partial charge in [0.25, 0.3) is 5.91 Å². The first-order chi connectivity index (χ1) is 9.70. The minimum atomic E-state index is -0.433. The van der Waals surface area contributed by atoms with E-state index in [1.54, 1.807) is 24.4 Å². The third-order valence-corrected chi connectivity index (χ3v) is 2.79. The van der Waals surface area contributed by atoms with Crippen molar-refractivity contribution < 1.29 is 4.79 Å². The van der Waals surface area contributed by atoms with E-state index in [0.717, 1.165) is 0 Å². The van der Waals surface area contributed by atoms with Gasteiger partial charge < -0.3 is 11.1 Å². The van der Waals surface area contributed by atoms with E-state index in [4.69, 9.17) is 11.0 Å². The molecule has 1 unspecified atom stereocenters. The molecule has 0 spiro atoms. The Bertz CT molecular complexity index is 634. The summed E-state index contributed by atoms with van der Waals surface area (Å²) in [5.74, 6) is -0.255. The molecular formula is C15H14N4O. The van der Waals surface area contributed by atoms with E-state index in [-0.39, 0.29) is 12.3 Å². The van der Waals surface area contributed by atoms with Crippen LogP contribution in [0.1, 0.15) is 28.4 Å². The van der Waals surface area contributed by atoms with Crippen molar-refractivity contribution in [3.05, 3.63) is 59.9 Å². The van der Waals surface area contributed by atoms with E-state index in [0.29, 0.717) is 16.8 Å². The number of anilines is 1. The molecule has 1 aromatic carbocycles. The molecule has 2 aromatic rings. The van der Waals surface area contributed by atoms with Crippen LogP contribution < -0.4 is 11.1 Å². The molecule has 1 atom stereocenters. The first-order valence-electron chi connectivity index (χ1n) is 6.14. The van der Waals surface area contributed by atoms with E-state index in [1.165, 1.54) is 6.20 Å². The van der Waals surface area contributed by atoms with E-state index in [1.807, 2.05) is 24.3 Å². The lowest BCUT2D eigenvalue weighted by molar-refractivity contribution is 0.102. The maximum atomic E-state index is 12.1.